The van der Waals surface area contributed by atoms with E-state index < -0.39 is 11.0 Å². The third-order valence-corrected chi connectivity index (χ3v) is 3.70. The third kappa shape index (κ3) is 3.31. The second-order valence-corrected chi connectivity index (χ2v) is 5.32. The van der Waals surface area contributed by atoms with Gasteiger partial charge < -0.3 is 19.8 Å². The second kappa shape index (κ2) is 6.38. The van der Waals surface area contributed by atoms with Crippen LogP contribution >= 0.6 is 0 Å². The minimum absolute atomic E-state index is 0.0242. The smallest absolute Gasteiger partial charge is 0.292 e. The van der Waals surface area contributed by atoms with E-state index in [0.29, 0.717) is 24.4 Å². The van der Waals surface area contributed by atoms with Crippen LogP contribution in [0.2, 0.25) is 0 Å². The fraction of sp³-hybridized carbons (Fsp3) is 0.571. The number of morpholine rings is 1. The van der Waals surface area contributed by atoms with Crippen molar-refractivity contribution >= 4 is 11.4 Å². The van der Waals surface area contributed by atoms with Gasteiger partial charge in [-0.05, 0) is 25.5 Å². The van der Waals surface area contributed by atoms with Crippen LogP contribution in [0.1, 0.15) is 25.5 Å². The molecule has 0 bridgehead atoms. The van der Waals surface area contributed by atoms with Crippen molar-refractivity contribution in [3.63, 3.8) is 0 Å². The molecule has 0 amide bonds. The Kier molecular flexibility index (Phi) is 4.76. The molecule has 1 aromatic rings. The molecule has 21 heavy (non-hydrogen) atoms. The monoisotopic (exact) mass is 296 g/mol. The lowest BCUT2D eigenvalue weighted by Gasteiger charge is -2.38. The van der Waals surface area contributed by atoms with Gasteiger partial charge in [-0.15, -0.1) is 0 Å². The van der Waals surface area contributed by atoms with Gasteiger partial charge >= 0.3 is 0 Å². The topological polar surface area (TPSA) is 96.1 Å². The van der Waals surface area contributed by atoms with Crippen molar-refractivity contribution in [1.82, 2.24) is 0 Å². The quantitative estimate of drug-likeness (QED) is 0.641. The number of anilines is 1. The number of hydrogen-bond acceptors (Lipinski definition) is 6. The van der Waals surface area contributed by atoms with E-state index in [1.54, 1.807) is 19.1 Å². The molecule has 0 spiro atoms. The number of aliphatic hydroxyl groups excluding tert-OH is 2. The molecular weight excluding hydrogens is 276 g/mol. The van der Waals surface area contributed by atoms with E-state index in [-0.39, 0.29) is 24.4 Å². The average Bonchev–Trinajstić information content (AvgIpc) is 2.47. The van der Waals surface area contributed by atoms with Crippen LogP contribution in [-0.2, 0) is 4.74 Å². The van der Waals surface area contributed by atoms with Crippen LogP contribution in [-0.4, -0.2) is 47.0 Å². The molecule has 1 heterocycles. The van der Waals surface area contributed by atoms with Gasteiger partial charge in [-0.3, -0.25) is 10.1 Å². The van der Waals surface area contributed by atoms with E-state index in [2.05, 4.69) is 0 Å². The zero-order valence-corrected chi connectivity index (χ0v) is 12.1. The second-order valence-electron chi connectivity index (χ2n) is 5.32. The Labute approximate surface area is 122 Å². The number of hydrogen-bond donors (Lipinski definition) is 2. The lowest BCUT2D eigenvalue weighted by Crippen LogP contribution is -2.49. The summed E-state index contributed by atoms with van der Waals surface area (Å²) in [5.74, 6) is 0. The summed E-state index contributed by atoms with van der Waals surface area (Å²) in [5, 5.41) is 30.1. The summed E-state index contributed by atoms with van der Waals surface area (Å²) in [6, 6.07) is 4.71. The van der Waals surface area contributed by atoms with Crippen LogP contribution in [0.15, 0.2) is 18.2 Å². The molecule has 7 nitrogen and oxygen atoms in total. The number of nitro benzene ring substituents is 1. The highest BCUT2D eigenvalue weighted by molar-refractivity contribution is 5.65. The third-order valence-electron chi connectivity index (χ3n) is 3.70. The molecule has 1 aliphatic rings. The SMILES string of the molecule is CC1COC(CO)CN1c1ccc([C@@H](C)O)cc1[N+](=O)[O-]. The molecule has 116 valence electrons. The first-order valence-corrected chi connectivity index (χ1v) is 6.89. The number of rotatable bonds is 4. The highest BCUT2D eigenvalue weighted by Gasteiger charge is 2.30. The number of benzene rings is 1. The maximum Gasteiger partial charge on any atom is 0.292 e. The first kappa shape index (κ1) is 15.7. The number of nitro groups is 1. The molecule has 0 aromatic heterocycles. The largest absolute Gasteiger partial charge is 0.394 e. The highest BCUT2D eigenvalue weighted by Crippen LogP contribution is 2.33. The standard InChI is InChI=1S/C14H20N2O5/c1-9-8-21-12(7-17)6-15(9)13-4-3-11(10(2)18)5-14(13)16(19)20/h3-5,9-10,12,17-18H,6-8H2,1-2H3/t9?,10-,12?/m1/s1. The maximum absolute atomic E-state index is 11.3. The van der Waals surface area contributed by atoms with E-state index in [1.165, 1.54) is 6.07 Å². The van der Waals surface area contributed by atoms with Crippen molar-refractivity contribution in [3.05, 3.63) is 33.9 Å². The molecule has 1 fully saturated rings. The van der Waals surface area contributed by atoms with Crippen molar-refractivity contribution < 1.29 is 19.9 Å². The summed E-state index contributed by atoms with van der Waals surface area (Å²) in [6.45, 7) is 4.16. The summed E-state index contributed by atoms with van der Waals surface area (Å²) in [7, 11) is 0. The Bertz CT molecular complexity index is 520. The summed E-state index contributed by atoms with van der Waals surface area (Å²) >= 11 is 0. The first-order chi connectivity index (χ1) is 9.93. The lowest BCUT2D eigenvalue weighted by molar-refractivity contribution is -0.384. The minimum atomic E-state index is -0.759. The molecule has 7 heteroatoms. The van der Waals surface area contributed by atoms with E-state index in [1.807, 2.05) is 11.8 Å². The summed E-state index contributed by atoms with van der Waals surface area (Å²) in [4.78, 5) is 12.7. The Morgan fingerprint density at radius 1 is 1.57 bits per heavy atom. The molecule has 1 saturated heterocycles. The molecule has 2 rings (SSSR count). The maximum atomic E-state index is 11.3. The van der Waals surface area contributed by atoms with Crippen molar-refractivity contribution in [2.75, 3.05) is 24.7 Å². The van der Waals surface area contributed by atoms with Crippen LogP contribution < -0.4 is 4.90 Å². The number of ether oxygens (including phenoxy) is 1. The summed E-state index contributed by atoms with van der Waals surface area (Å²) < 4.78 is 5.45. The van der Waals surface area contributed by atoms with Crippen molar-refractivity contribution in [3.8, 4) is 0 Å². The molecule has 0 saturated carbocycles. The zero-order chi connectivity index (χ0) is 15.6. The molecule has 1 aromatic carbocycles. The predicted octanol–water partition coefficient (Wildman–Crippen LogP) is 1.23. The van der Waals surface area contributed by atoms with Crippen LogP contribution in [0.4, 0.5) is 11.4 Å². The number of nitrogens with zero attached hydrogens (tertiary/aromatic N) is 2. The summed E-state index contributed by atoms with van der Waals surface area (Å²) in [5.41, 5.74) is 0.947. The lowest BCUT2D eigenvalue weighted by atomic mass is 10.1. The number of aliphatic hydroxyl groups is 2. The van der Waals surface area contributed by atoms with Gasteiger partial charge in [-0.1, -0.05) is 6.07 Å². The Morgan fingerprint density at radius 2 is 2.29 bits per heavy atom. The van der Waals surface area contributed by atoms with Crippen LogP contribution in [0.5, 0.6) is 0 Å². The molecular formula is C14H20N2O5. The Morgan fingerprint density at radius 3 is 2.86 bits per heavy atom. The van der Waals surface area contributed by atoms with E-state index in [0.717, 1.165) is 0 Å². The van der Waals surface area contributed by atoms with Gasteiger partial charge in [0.25, 0.3) is 5.69 Å². The fourth-order valence-electron chi connectivity index (χ4n) is 2.45. The first-order valence-electron chi connectivity index (χ1n) is 6.89. The van der Waals surface area contributed by atoms with E-state index in [9.17, 15) is 20.3 Å². The van der Waals surface area contributed by atoms with Gasteiger partial charge in [0.1, 0.15) is 5.69 Å². The summed E-state index contributed by atoms with van der Waals surface area (Å²) in [6.07, 6.45) is -1.11. The normalized spacial score (nSPS) is 23.9. The van der Waals surface area contributed by atoms with Crippen molar-refractivity contribution in [2.45, 2.75) is 32.1 Å². The van der Waals surface area contributed by atoms with Gasteiger partial charge in [0.15, 0.2) is 0 Å². The van der Waals surface area contributed by atoms with Crippen LogP contribution in [0, 0.1) is 10.1 Å². The Balaban J connectivity index is 2.39. The van der Waals surface area contributed by atoms with Gasteiger partial charge in [0.05, 0.1) is 30.3 Å². The molecule has 0 radical (unpaired) electrons. The fourth-order valence-corrected chi connectivity index (χ4v) is 2.45. The molecule has 1 aliphatic heterocycles. The van der Waals surface area contributed by atoms with Gasteiger partial charge in [-0.2, -0.15) is 0 Å². The molecule has 3 atom stereocenters. The van der Waals surface area contributed by atoms with Gasteiger partial charge in [0, 0.05) is 18.7 Å². The van der Waals surface area contributed by atoms with E-state index in [4.69, 9.17) is 4.74 Å². The highest BCUT2D eigenvalue weighted by atomic mass is 16.6. The van der Waals surface area contributed by atoms with Crippen LogP contribution in [0.25, 0.3) is 0 Å². The van der Waals surface area contributed by atoms with Crippen molar-refractivity contribution in [2.24, 2.45) is 0 Å². The minimum Gasteiger partial charge on any atom is -0.394 e. The van der Waals surface area contributed by atoms with Crippen LogP contribution in [0.3, 0.4) is 0 Å². The van der Waals surface area contributed by atoms with E-state index >= 15 is 0 Å². The predicted molar refractivity (Wildman–Crippen MR) is 77.4 cm³/mol. The Hall–Kier alpha value is -1.70. The zero-order valence-electron chi connectivity index (χ0n) is 12.1. The molecule has 2 N–H and O–H groups in total. The molecule has 2 unspecified atom stereocenters. The molecule has 0 aliphatic carbocycles. The van der Waals surface area contributed by atoms with Gasteiger partial charge in [0.2, 0.25) is 0 Å². The average molecular weight is 296 g/mol. The van der Waals surface area contributed by atoms with Crippen molar-refractivity contribution in [1.29, 1.82) is 0 Å². The van der Waals surface area contributed by atoms with Gasteiger partial charge in [-0.25, -0.2) is 0 Å².